The molecule has 2 amide bonds. The van der Waals surface area contributed by atoms with Crippen molar-refractivity contribution in [3.05, 3.63) is 17.5 Å². The first-order valence-electron chi connectivity index (χ1n) is 7.19. The molecule has 1 aromatic rings. The molecule has 2 rings (SSSR count). The predicted molar refractivity (Wildman–Crippen MR) is 78.6 cm³/mol. The average molecular weight is 368 g/mol. The number of nitrogens with zero attached hydrogens (tertiary/aromatic N) is 3. The van der Waals surface area contributed by atoms with Crippen LogP contribution in [0.5, 0.6) is 0 Å². The topological polar surface area (TPSA) is 67.2 Å². The fourth-order valence-electron chi connectivity index (χ4n) is 2.57. The van der Waals surface area contributed by atoms with Crippen molar-refractivity contribution < 1.29 is 27.2 Å². The summed E-state index contributed by atoms with van der Waals surface area (Å²) in [6.45, 7) is 0.00515. The minimum Gasteiger partial charge on any atom is -0.341 e. The van der Waals surface area contributed by atoms with E-state index in [4.69, 9.17) is 0 Å². The quantitative estimate of drug-likeness (QED) is 0.617. The van der Waals surface area contributed by atoms with Gasteiger partial charge in [-0.25, -0.2) is 17.6 Å². The SMILES string of the molecule is O=C(NS)C1CCN(C(=O)Cn2nc(C(F)F)cc2C(F)F)CC1. The number of hydrogen-bond donors (Lipinski definition) is 2. The van der Waals surface area contributed by atoms with E-state index in [9.17, 15) is 27.2 Å². The maximum Gasteiger partial charge on any atom is 0.282 e. The van der Waals surface area contributed by atoms with Crippen molar-refractivity contribution in [2.24, 2.45) is 5.92 Å². The number of carbonyl (C=O) groups is 2. The number of carbonyl (C=O) groups excluding carboxylic acids is 2. The number of nitrogens with one attached hydrogen (secondary N) is 1. The van der Waals surface area contributed by atoms with E-state index >= 15 is 0 Å². The smallest absolute Gasteiger partial charge is 0.282 e. The van der Waals surface area contributed by atoms with Crippen LogP contribution in [-0.4, -0.2) is 39.6 Å². The number of rotatable bonds is 5. The molecule has 1 fully saturated rings. The number of amides is 2. The molecule has 0 aliphatic carbocycles. The molecule has 1 aromatic heterocycles. The van der Waals surface area contributed by atoms with Crippen LogP contribution in [0.2, 0.25) is 0 Å². The third-order valence-corrected chi connectivity index (χ3v) is 4.11. The Hall–Kier alpha value is -1.78. The highest BCUT2D eigenvalue weighted by atomic mass is 32.1. The van der Waals surface area contributed by atoms with E-state index in [1.54, 1.807) is 0 Å². The lowest BCUT2D eigenvalue weighted by Gasteiger charge is -2.31. The van der Waals surface area contributed by atoms with Gasteiger partial charge in [-0.15, -0.1) is 0 Å². The molecule has 0 bridgehead atoms. The van der Waals surface area contributed by atoms with Crippen LogP contribution in [0.15, 0.2) is 6.07 Å². The van der Waals surface area contributed by atoms with Gasteiger partial charge in [-0.05, 0) is 18.9 Å². The molecule has 0 radical (unpaired) electrons. The zero-order valence-corrected chi connectivity index (χ0v) is 13.4. The van der Waals surface area contributed by atoms with Gasteiger partial charge in [0.25, 0.3) is 12.9 Å². The molecule has 1 aliphatic rings. The van der Waals surface area contributed by atoms with E-state index in [1.807, 2.05) is 0 Å². The summed E-state index contributed by atoms with van der Waals surface area (Å²) in [5, 5.41) is 3.39. The van der Waals surface area contributed by atoms with Crippen LogP contribution in [-0.2, 0) is 16.1 Å². The molecular weight excluding hydrogens is 352 g/mol. The van der Waals surface area contributed by atoms with Crippen LogP contribution in [0, 0.1) is 5.92 Å². The number of piperidine rings is 1. The summed E-state index contributed by atoms with van der Waals surface area (Å²) in [7, 11) is 0. The molecule has 1 aliphatic heterocycles. The lowest BCUT2D eigenvalue weighted by molar-refractivity contribution is -0.135. The van der Waals surface area contributed by atoms with Gasteiger partial charge in [0.15, 0.2) is 0 Å². The van der Waals surface area contributed by atoms with Crippen LogP contribution in [0.25, 0.3) is 0 Å². The Bertz CT molecular complexity index is 603. The largest absolute Gasteiger partial charge is 0.341 e. The number of alkyl halides is 4. The van der Waals surface area contributed by atoms with Crippen molar-refractivity contribution in [2.75, 3.05) is 13.1 Å². The molecule has 6 nitrogen and oxygen atoms in total. The molecule has 24 heavy (non-hydrogen) atoms. The molecule has 0 atom stereocenters. The van der Waals surface area contributed by atoms with Crippen molar-refractivity contribution >= 4 is 24.6 Å². The summed E-state index contributed by atoms with van der Waals surface area (Å²) in [5.74, 6) is -1.01. The van der Waals surface area contributed by atoms with Gasteiger partial charge < -0.3 is 9.62 Å². The Morgan fingerprint density at radius 1 is 1.25 bits per heavy atom. The van der Waals surface area contributed by atoms with Crippen LogP contribution in [0.4, 0.5) is 17.6 Å². The first-order valence-corrected chi connectivity index (χ1v) is 7.63. The predicted octanol–water partition coefficient (Wildman–Crippen LogP) is 1.96. The molecular formula is C13H16F4N4O2S. The molecule has 0 saturated carbocycles. The minimum atomic E-state index is -3.01. The molecule has 134 valence electrons. The van der Waals surface area contributed by atoms with Gasteiger partial charge in [0.2, 0.25) is 11.8 Å². The highest BCUT2D eigenvalue weighted by Crippen LogP contribution is 2.25. The standard InChI is InChI=1S/C13H16F4N4O2S/c14-11(15)8-5-9(12(16)17)21(18-8)6-10(22)20-3-1-7(2-4-20)13(23)19-24/h5,7,11-12,24H,1-4,6H2,(H,19,23). The molecule has 11 heteroatoms. The number of halogens is 4. The number of hydrogen-bond acceptors (Lipinski definition) is 4. The second-order valence-corrected chi connectivity index (χ2v) is 5.61. The van der Waals surface area contributed by atoms with Crippen molar-refractivity contribution in [2.45, 2.75) is 32.2 Å². The van der Waals surface area contributed by atoms with Gasteiger partial charge in [0, 0.05) is 19.0 Å². The third kappa shape index (κ3) is 4.19. The summed E-state index contributed by atoms with van der Waals surface area (Å²) in [6, 6.07) is 0.603. The number of likely N-dealkylation sites (tertiary alicyclic amines) is 1. The summed E-state index contributed by atoms with van der Waals surface area (Å²) in [6.07, 6.45) is -5.17. The van der Waals surface area contributed by atoms with Crippen LogP contribution >= 0.6 is 12.8 Å². The second kappa shape index (κ2) is 7.86. The van der Waals surface area contributed by atoms with Crippen molar-refractivity contribution in [1.29, 1.82) is 0 Å². The van der Waals surface area contributed by atoms with Crippen molar-refractivity contribution in [3.63, 3.8) is 0 Å². The van der Waals surface area contributed by atoms with E-state index < -0.39 is 36.7 Å². The van der Waals surface area contributed by atoms with E-state index in [-0.39, 0.29) is 24.9 Å². The fourth-order valence-corrected chi connectivity index (χ4v) is 2.75. The monoisotopic (exact) mass is 368 g/mol. The van der Waals surface area contributed by atoms with Gasteiger partial charge in [-0.2, -0.15) is 5.10 Å². The minimum absolute atomic E-state index is 0.237. The molecule has 0 spiro atoms. The number of aromatic nitrogens is 2. The third-order valence-electron chi connectivity index (χ3n) is 3.89. The van der Waals surface area contributed by atoms with Crippen molar-refractivity contribution in [3.8, 4) is 0 Å². The second-order valence-electron chi connectivity index (χ2n) is 5.38. The van der Waals surface area contributed by atoms with Gasteiger partial charge in [-0.1, -0.05) is 12.8 Å². The summed E-state index contributed by atoms with van der Waals surface area (Å²) >= 11 is 3.68. The van der Waals surface area contributed by atoms with Crippen LogP contribution < -0.4 is 4.72 Å². The van der Waals surface area contributed by atoms with E-state index in [0.29, 0.717) is 23.6 Å². The fraction of sp³-hybridized carbons (Fsp3) is 0.615. The average Bonchev–Trinajstić information content (AvgIpc) is 2.98. The Labute approximate surface area is 140 Å². The first kappa shape index (κ1) is 18.6. The van der Waals surface area contributed by atoms with E-state index in [2.05, 4.69) is 22.6 Å². The van der Waals surface area contributed by atoms with Gasteiger partial charge in [-0.3, -0.25) is 14.3 Å². The Morgan fingerprint density at radius 2 is 1.88 bits per heavy atom. The Morgan fingerprint density at radius 3 is 2.38 bits per heavy atom. The highest BCUT2D eigenvalue weighted by molar-refractivity contribution is 7.78. The Kier molecular flexibility index (Phi) is 6.08. The zero-order chi connectivity index (χ0) is 17.9. The molecule has 0 unspecified atom stereocenters. The van der Waals surface area contributed by atoms with Gasteiger partial charge in [0.1, 0.15) is 17.9 Å². The highest BCUT2D eigenvalue weighted by Gasteiger charge is 2.28. The summed E-state index contributed by atoms with van der Waals surface area (Å²) in [5.41, 5.74) is -1.51. The van der Waals surface area contributed by atoms with Gasteiger partial charge >= 0.3 is 0 Å². The normalized spacial score (nSPS) is 16.0. The molecule has 0 aromatic carbocycles. The maximum absolute atomic E-state index is 12.9. The lowest BCUT2D eigenvalue weighted by atomic mass is 9.96. The van der Waals surface area contributed by atoms with Crippen LogP contribution in [0.3, 0.4) is 0 Å². The van der Waals surface area contributed by atoms with E-state index in [1.165, 1.54) is 4.90 Å². The van der Waals surface area contributed by atoms with Crippen LogP contribution in [0.1, 0.15) is 37.1 Å². The summed E-state index contributed by atoms with van der Waals surface area (Å²) in [4.78, 5) is 25.0. The Balaban J connectivity index is 2.01. The molecule has 1 saturated heterocycles. The first-order chi connectivity index (χ1) is 11.3. The van der Waals surface area contributed by atoms with Crippen molar-refractivity contribution in [1.82, 2.24) is 19.4 Å². The van der Waals surface area contributed by atoms with Gasteiger partial charge in [0.05, 0.1) is 0 Å². The lowest BCUT2D eigenvalue weighted by Crippen LogP contribution is -2.43. The summed E-state index contributed by atoms with van der Waals surface area (Å²) < 4.78 is 53.9. The van der Waals surface area contributed by atoms with E-state index in [0.717, 1.165) is 0 Å². The molecule has 1 N–H and O–H groups in total. The maximum atomic E-state index is 12.9. The number of thiol groups is 1. The zero-order valence-electron chi connectivity index (χ0n) is 12.5. The molecule has 2 heterocycles.